The Hall–Kier alpha value is -2.13. The lowest BCUT2D eigenvalue weighted by atomic mass is 9.88. The van der Waals surface area contributed by atoms with Gasteiger partial charge in [0.1, 0.15) is 5.60 Å². The van der Waals surface area contributed by atoms with Crippen molar-refractivity contribution in [2.24, 2.45) is 0 Å². The van der Waals surface area contributed by atoms with Crippen LogP contribution in [0.3, 0.4) is 0 Å². The number of hydrogen-bond acceptors (Lipinski definition) is 3. The lowest BCUT2D eigenvalue weighted by Gasteiger charge is -2.34. The van der Waals surface area contributed by atoms with Crippen LogP contribution in [0.25, 0.3) is 0 Å². The number of ether oxygens (including phenoxy) is 1. The molecule has 0 bridgehead atoms. The molecule has 1 spiro atoms. The van der Waals surface area contributed by atoms with Gasteiger partial charge in [-0.05, 0) is 17.2 Å². The normalized spacial score (nSPS) is 24.3. The fourth-order valence-corrected chi connectivity index (χ4v) is 3.64. The first kappa shape index (κ1) is 13.5. The molecule has 3 heteroatoms. The number of likely N-dealkylation sites (tertiary alicyclic amines) is 1. The molecule has 0 aromatic heterocycles. The molecule has 2 heterocycles. The second-order valence-electron chi connectivity index (χ2n) is 6.35. The van der Waals surface area contributed by atoms with E-state index < -0.39 is 0 Å². The van der Waals surface area contributed by atoms with Gasteiger partial charge in [0.15, 0.2) is 0 Å². The smallest absolute Gasteiger partial charge is 0.339 e. The molecule has 4 rings (SSSR count). The van der Waals surface area contributed by atoms with Crippen molar-refractivity contribution in [2.75, 3.05) is 13.1 Å². The van der Waals surface area contributed by atoms with Gasteiger partial charge in [0, 0.05) is 32.5 Å². The lowest BCUT2D eigenvalue weighted by Crippen LogP contribution is -2.43. The summed E-state index contributed by atoms with van der Waals surface area (Å²) < 4.78 is 5.85. The van der Waals surface area contributed by atoms with E-state index in [1.807, 2.05) is 24.3 Å². The van der Waals surface area contributed by atoms with Crippen molar-refractivity contribution >= 4 is 5.97 Å². The van der Waals surface area contributed by atoms with Crippen molar-refractivity contribution < 1.29 is 9.53 Å². The third-order valence-electron chi connectivity index (χ3n) is 4.70. The van der Waals surface area contributed by atoms with Crippen molar-refractivity contribution in [3.63, 3.8) is 0 Å². The summed E-state index contributed by atoms with van der Waals surface area (Å²) in [6, 6.07) is 18.3. The summed E-state index contributed by atoms with van der Waals surface area (Å²) in [7, 11) is 0. The van der Waals surface area contributed by atoms with E-state index in [9.17, 15) is 4.79 Å². The Balaban J connectivity index is 1.52. The van der Waals surface area contributed by atoms with Crippen molar-refractivity contribution in [1.29, 1.82) is 0 Å². The minimum absolute atomic E-state index is 0.164. The van der Waals surface area contributed by atoms with Crippen LogP contribution in [0, 0.1) is 0 Å². The van der Waals surface area contributed by atoms with Crippen molar-refractivity contribution in [2.45, 2.75) is 25.0 Å². The standard InChI is InChI=1S/C19H19NO2/c21-18-17-9-5-4-8-16(17)12-19(22-18)10-11-20(14-19)13-15-6-2-1-3-7-15/h1-9H,10-14H2. The molecule has 0 saturated carbocycles. The summed E-state index contributed by atoms with van der Waals surface area (Å²) in [4.78, 5) is 14.7. The zero-order chi connectivity index (χ0) is 15.0. The predicted molar refractivity (Wildman–Crippen MR) is 84.6 cm³/mol. The average molecular weight is 293 g/mol. The second kappa shape index (κ2) is 5.25. The fourth-order valence-electron chi connectivity index (χ4n) is 3.64. The number of esters is 1. The highest BCUT2D eigenvalue weighted by Gasteiger charge is 2.45. The highest BCUT2D eigenvalue weighted by Crippen LogP contribution is 2.35. The molecule has 0 N–H and O–H groups in total. The molecule has 1 unspecified atom stereocenters. The van der Waals surface area contributed by atoms with E-state index in [1.54, 1.807) is 0 Å². The first-order chi connectivity index (χ1) is 10.7. The maximum Gasteiger partial charge on any atom is 0.339 e. The Kier molecular flexibility index (Phi) is 3.23. The van der Waals surface area contributed by atoms with Crippen LogP contribution >= 0.6 is 0 Å². The average Bonchev–Trinajstić information content (AvgIpc) is 2.90. The van der Waals surface area contributed by atoms with Gasteiger partial charge in [-0.15, -0.1) is 0 Å². The maximum absolute atomic E-state index is 12.3. The van der Waals surface area contributed by atoms with Crippen LogP contribution in [0.2, 0.25) is 0 Å². The van der Waals surface area contributed by atoms with Gasteiger partial charge in [-0.2, -0.15) is 0 Å². The third kappa shape index (κ3) is 2.42. The molecule has 112 valence electrons. The molecule has 0 radical (unpaired) electrons. The molecule has 3 nitrogen and oxygen atoms in total. The third-order valence-corrected chi connectivity index (χ3v) is 4.70. The van der Waals surface area contributed by atoms with Gasteiger partial charge in [-0.3, -0.25) is 4.90 Å². The van der Waals surface area contributed by atoms with Crippen LogP contribution in [0.1, 0.15) is 27.9 Å². The number of rotatable bonds is 2. The Morgan fingerprint density at radius 3 is 2.68 bits per heavy atom. The van der Waals surface area contributed by atoms with Crippen molar-refractivity contribution in [1.82, 2.24) is 4.90 Å². The molecule has 1 fully saturated rings. The number of carbonyl (C=O) groups is 1. The van der Waals surface area contributed by atoms with E-state index in [-0.39, 0.29) is 11.6 Å². The number of fused-ring (bicyclic) bond motifs is 1. The van der Waals surface area contributed by atoms with Crippen LogP contribution in [0.15, 0.2) is 54.6 Å². The Morgan fingerprint density at radius 1 is 1.05 bits per heavy atom. The zero-order valence-corrected chi connectivity index (χ0v) is 12.5. The molecular formula is C19H19NO2. The molecule has 2 aromatic rings. The molecule has 0 aliphatic carbocycles. The highest BCUT2D eigenvalue weighted by molar-refractivity contribution is 5.92. The van der Waals surface area contributed by atoms with Crippen LogP contribution in [0.4, 0.5) is 0 Å². The highest BCUT2D eigenvalue weighted by atomic mass is 16.6. The van der Waals surface area contributed by atoms with Crippen LogP contribution in [-0.4, -0.2) is 29.6 Å². The first-order valence-corrected chi connectivity index (χ1v) is 7.82. The molecule has 2 aromatic carbocycles. The van der Waals surface area contributed by atoms with Gasteiger partial charge in [0.2, 0.25) is 0 Å². The van der Waals surface area contributed by atoms with Crippen LogP contribution in [-0.2, 0) is 17.7 Å². The summed E-state index contributed by atoms with van der Waals surface area (Å²) in [5, 5.41) is 0. The summed E-state index contributed by atoms with van der Waals surface area (Å²) in [6.45, 7) is 2.72. The molecule has 0 amide bonds. The van der Waals surface area contributed by atoms with Gasteiger partial charge >= 0.3 is 5.97 Å². The first-order valence-electron chi connectivity index (χ1n) is 7.82. The summed E-state index contributed by atoms with van der Waals surface area (Å²) >= 11 is 0. The van der Waals surface area contributed by atoms with Crippen molar-refractivity contribution in [3.8, 4) is 0 Å². The quantitative estimate of drug-likeness (QED) is 0.797. The number of benzene rings is 2. The molecular weight excluding hydrogens is 274 g/mol. The van der Waals surface area contributed by atoms with E-state index in [4.69, 9.17) is 4.74 Å². The van der Waals surface area contributed by atoms with Crippen LogP contribution < -0.4 is 0 Å². The second-order valence-corrected chi connectivity index (χ2v) is 6.35. The largest absolute Gasteiger partial charge is 0.454 e. The van der Waals surface area contributed by atoms with E-state index in [2.05, 4.69) is 35.2 Å². The monoisotopic (exact) mass is 293 g/mol. The van der Waals surface area contributed by atoms with Gasteiger partial charge < -0.3 is 4.74 Å². The summed E-state index contributed by atoms with van der Waals surface area (Å²) in [5.41, 5.74) is 2.83. The lowest BCUT2D eigenvalue weighted by molar-refractivity contribution is -0.0197. The predicted octanol–water partition coefficient (Wildman–Crippen LogP) is 3.04. The van der Waals surface area contributed by atoms with Gasteiger partial charge in [-0.25, -0.2) is 4.79 Å². The molecule has 22 heavy (non-hydrogen) atoms. The van der Waals surface area contributed by atoms with Gasteiger partial charge in [0.25, 0.3) is 0 Å². The Morgan fingerprint density at radius 2 is 1.82 bits per heavy atom. The summed E-state index contributed by atoms with van der Waals surface area (Å²) in [5.74, 6) is -0.164. The van der Waals surface area contributed by atoms with E-state index in [1.165, 1.54) is 5.56 Å². The Labute approximate surface area is 130 Å². The van der Waals surface area contributed by atoms with Crippen LogP contribution in [0.5, 0.6) is 0 Å². The number of nitrogens with zero attached hydrogens (tertiary/aromatic N) is 1. The molecule has 2 aliphatic rings. The van der Waals surface area contributed by atoms with E-state index >= 15 is 0 Å². The maximum atomic E-state index is 12.3. The minimum atomic E-state index is -0.333. The van der Waals surface area contributed by atoms with Gasteiger partial charge in [0.05, 0.1) is 5.56 Å². The van der Waals surface area contributed by atoms with Crippen molar-refractivity contribution in [3.05, 3.63) is 71.3 Å². The summed E-state index contributed by atoms with van der Waals surface area (Å²) in [6.07, 6.45) is 1.75. The zero-order valence-electron chi connectivity index (χ0n) is 12.5. The molecule has 1 saturated heterocycles. The number of hydrogen-bond donors (Lipinski definition) is 0. The topological polar surface area (TPSA) is 29.5 Å². The Bertz CT molecular complexity index is 698. The number of carbonyl (C=O) groups excluding carboxylic acids is 1. The van der Waals surface area contributed by atoms with Gasteiger partial charge in [-0.1, -0.05) is 48.5 Å². The molecule has 1 atom stereocenters. The minimum Gasteiger partial charge on any atom is -0.454 e. The fraction of sp³-hybridized carbons (Fsp3) is 0.316. The molecule has 2 aliphatic heterocycles. The van der Waals surface area contributed by atoms with E-state index in [0.717, 1.165) is 43.6 Å². The van der Waals surface area contributed by atoms with E-state index in [0.29, 0.717) is 0 Å². The SMILES string of the molecule is O=C1OC2(CCN(Cc3ccccc3)C2)Cc2ccccc21.